The molecule has 1 heterocycles. The fraction of sp³-hybridized carbons (Fsp3) is 0.474. The predicted octanol–water partition coefficient (Wildman–Crippen LogP) is 4.90. The van der Waals surface area contributed by atoms with E-state index >= 15 is 0 Å². The summed E-state index contributed by atoms with van der Waals surface area (Å²) < 4.78 is 43.2. The Bertz CT molecular complexity index is 766. The van der Waals surface area contributed by atoms with E-state index in [-0.39, 0.29) is 17.9 Å². The van der Waals surface area contributed by atoms with Crippen LogP contribution in [-0.2, 0) is 22.1 Å². The molecule has 0 atom stereocenters. The van der Waals surface area contributed by atoms with Gasteiger partial charge in [0, 0.05) is 30.5 Å². The molecule has 146 valence electrons. The molecule has 1 aliphatic carbocycles. The molecule has 0 bridgehead atoms. The van der Waals surface area contributed by atoms with Crippen LogP contribution in [0.3, 0.4) is 0 Å². The Kier molecular flexibility index (Phi) is 6.16. The zero-order valence-electron chi connectivity index (χ0n) is 14.9. The molecule has 1 fully saturated rings. The van der Waals surface area contributed by atoms with Crippen LogP contribution < -0.4 is 5.32 Å². The molecule has 0 radical (unpaired) electrons. The highest BCUT2D eigenvalue weighted by atomic mass is 32.1. The molecule has 1 aliphatic rings. The number of amides is 1. The van der Waals surface area contributed by atoms with Crippen LogP contribution in [0.1, 0.15) is 41.7 Å². The second-order valence-corrected chi connectivity index (χ2v) is 7.82. The van der Waals surface area contributed by atoms with Gasteiger partial charge in [0.2, 0.25) is 5.91 Å². The minimum Gasteiger partial charge on any atom is -0.381 e. The van der Waals surface area contributed by atoms with Gasteiger partial charge in [-0.1, -0.05) is 12.1 Å². The average molecular weight is 398 g/mol. The fourth-order valence-electron chi connectivity index (χ4n) is 3.23. The molecule has 3 rings (SSSR count). The van der Waals surface area contributed by atoms with E-state index in [1.807, 2.05) is 0 Å². The highest BCUT2D eigenvalue weighted by molar-refractivity contribution is 7.15. The summed E-state index contributed by atoms with van der Waals surface area (Å²) in [5, 5.41) is 3.38. The summed E-state index contributed by atoms with van der Waals surface area (Å²) in [6, 6.07) is 5.09. The molecular formula is C19H21F3N2O2S. The number of aromatic nitrogens is 1. The smallest absolute Gasteiger partial charge is 0.381 e. The number of carbonyl (C=O) groups is 1. The zero-order valence-corrected chi connectivity index (χ0v) is 15.7. The second kappa shape index (κ2) is 8.39. The van der Waals surface area contributed by atoms with Gasteiger partial charge >= 0.3 is 6.18 Å². The van der Waals surface area contributed by atoms with Crippen LogP contribution in [0.25, 0.3) is 0 Å². The number of ether oxygens (including phenoxy) is 1. The van der Waals surface area contributed by atoms with Gasteiger partial charge < -0.3 is 10.1 Å². The number of nitrogens with one attached hydrogen (secondary N) is 1. The molecule has 4 nitrogen and oxygen atoms in total. The van der Waals surface area contributed by atoms with Crippen molar-refractivity contribution in [3.63, 3.8) is 0 Å². The van der Waals surface area contributed by atoms with Gasteiger partial charge in [0.25, 0.3) is 0 Å². The number of thiazole rings is 1. The van der Waals surface area contributed by atoms with Gasteiger partial charge in [-0.05, 0) is 43.4 Å². The lowest BCUT2D eigenvalue weighted by Gasteiger charge is -2.26. The standard InChI is InChI=1S/C19H21F3N2O2S/c1-26-15-8-4-13(5-9-15)17(25)24-18-23-11-16(27-18)10-12-2-6-14(7-3-12)19(20,21)22/h2-3,6-7,11,13,15H,4-5,8-10H2,1H3,(H,23,24,25). The molecule has 0 saturated heterocycles. The number of hydrogen-bond acceptors (Lipinski definition) is 4. The van der Waals surface area contributed by atoms with Crippen LogP contribution in [0.4, 0.5) is 18.3 Å². The van der Waals surface area contributed by atoms with Crippen LogP contribution in [0.15, 0.2) is 30.5 Å². The van der Waals surface area contributed by atoms with E-state index in [1.54, 1.807) is 13.3 Å². The maximum absolute atomic E-state index is 12.6. The monoisotopic (exact) mass is 398 g/mol. The van der Waals surface area contributed by atoms with Crippen molar-refractivity contribution in [3.05, 3.63) is 46.5 Å². The van der Waals surface area contributed by atoms with Crippen LogP contribution in [0.2, 0.25) is 0 Å². The largest absolute Gasteiger partial charge is 0.416 e. The van der Waals surface area contributed by atoms with Crippen molar-refractivity contribution >= 4 is 22.4 Å². The van der Waals surface area contributed by atoms with Crippen molar-refractivity contribution in [2.75, 3.05) is 12.4 Å². The van der Waals surface area contributed by atoms with Gasteiger partial charge in [-0.15, -0.1) is 11.3 Å². The third-order valence-corrected chi connectivity index (χ3v) is 5.73. The maximum atomic E-state index is 12.6. The molecule has 1 saturated carbocycles. The number of alkyl halides is 3. The highest BCUT2D eigenvalue weighted by Gasteiger charge is 2.30. The molecule has 0 aliphatic heterocycles. The molecule has 0 unspecified atom stereocenters. The number of halogens is 3. The van der Waals surface area contributed by atoms with Crippen molar-refractivity contribution < 1.29 is 22.7 Å². The first-order valence-electron chi connectivity index (χ1n) is 8.79. The predicted molar refractivity (Wildman–Crippen MR) is 97.7 cm³/mol. The highest BCUT2D eigenvalue weighted by Crippen LogP contribution is 2.30. The Morgan fingerprint density at radius 2 is 1.89 bits per heavy atom. The van der Waals surface area contributed by atoms with Crippen LogP contribution >= 0.6 is 11.3 Å². The Labute approximate surface area is 159 Å². The first-order chi connectivity index (χ1) is 12.8. The third kappa shape index (κ3) is 5.29. The molecule has 1 aromatic carbocycles. The summed E-state index contributed by atoms with van der Waals surface area (Å²) in [4.78, 5) is 17.5. The van der Waals surface area contributed by atoms with Crippen molar-refractivity contribution in [2.45, 2.75) is 44.4 Å². The molecule has 1 N–H and O–H groups in total. The lowest BCUT2D eigenvalue weighted by atomic mass is 9.87. The van der Waals surface area contributed by atoms with Gasteiger partial charge in [0.15, 0.2) is 5.13 Å². The Morgan fingerprint density at radius 1 is 1.22 bits per heavy atom. The van der Waals surface area contributed by atoms with E-state index in [4.69, 9.17) is 4.74 Å². The van der Waals surface area contributed by atoms with Crippen molar-refractivity contribution in [3.8, 4) is 0 Å². The van der Waals surface area contributed by atoms with E-state index in [0.29, 0.717) is 11.6 Å². The topological polar surface area (TPSA) is 51.2 Å². The van der Waals surface area contributed by atoms with Crippen LogP contribution in [0, 0.1) is 5.92 Å². The first-order valence-corrected chi connectivity index (χ1v) is 9.61. The van der Waals surface area contributed by atoms with E-state index in [2.05, 4.69) is 10.3 Å². The van der Waals surface area contributed by atoms with Crippen molar-refractivity contribution in [1.29, 1.82) is 0 Å². The lowest BCUT2D eigenvalue weighted by molar-refractivity contribution is -0.137. The first kappa shape index (κ1) is 19.8. The molecule has 0 spiro atoms. The maximum Gasteiger partial charge on any atom is 0.416 e. The van der Waals surface area contributed by atoms with Gasteiger partial charge in [-0.3, -0.25) is 4.79 Å². The van der Waals surface area contributed by atoms with E-state index in [0.717, 1.165) is 48.3 Å². The fourth-order valence-corrected chi connectivity index (χ4v) is 4.08. The Hall–Kier alpha value is -1.93. The van der Waals surface area contributed by atoms with E-state index in [1.165, 1.54) is 23.5 Å². The number of anilines is 1. The van der Waals surface area contributed by atoms with Gasteiger partial charge in [0.1, 0.15) is 0 Å². The number of benzene rings is 1. The second-order valence-electron chi connectivity index (χ2n) is 6.70. The number of nitrogens with zero attached hydrogens (tertiary/aromatic N) is 1. The molecule has 2 aromatic rings. The number of hydrogen-bond donors (Lipinski definition) is 1. The molecule has 1 amide bonds. The van der Waals surface area contributed by atoms with Gasteiger partial charge in [0.05, 0.1) is 11.7 Å². The lowest BCUT2D eigenvalue weighted by Crippen LogP contribution is -2.29. The zero-order chi connectivity index (χ0) is 19.4. The number of rotatable bonds is 5. The Balaban J connectivity index is 1.55. The molecule has 8 heteroatoms. The van der Waals surface area contributed by atoms with E-state index in [9.17, 15) is 18.0 Å². The summed E-state index contributed by atoms with van der Waals surface area (Å²) in [7, 11) is 1.69. The summed E-state index contributed by atoms with van der Waals surface area (Å²) >= 11 is 1.34. The minimum absolute atomic E-state index is 0.0278. The van der Waals surface area contributed by atoms with Gasteiger partial charge in [-0.2, -0.15) is 13.2 Å². The summed E-state index contributed by atoms with van der Waals surface area (Å²) in [6.45, 7) is 0. The quantitative estimate of drug-likeness (QED) is 0.780. The minimum atomic E-state index is -4.33. The number of methoxy groups -OCH3 is 1. The van der Waals surface area contributed by atoms with Crippen molar-refractivity contribution in [2.24, 2.45) is 5.92 Å². The number of carbonyl (C=O) groups excluding carboxylic acids is 1. The molecular weight excluding hydrogens is 377 g/mol. The van der Waals surface area contributed by atoms with Gasteiger partial charge in [-0.25, -0.2) is 4.98 Å². The van der Waals surface area contributed by atoms with Crippen LogP contribution in [0.5, 0.6) is 0 Å². The van der Waals surface area contributed by atoms with Crippen molar-refractivity contribution in [1.82, 2.24) is 4.98 Å². The summed E-state index contributed by atoms with van der Waals surface area (Å²) in [5.74, 6) is -0.0568. The molecule has 27 heavy (non-hydrogen) atoms. The van der Waals surface area contributed by atoms with Crippen LogP contribution in [-0.4, -0.2) is 24.1 Å². The molecule has 1 aromatic heterocycles. The summed E-state index contributed by atoms with van der Waals surface area (Å²) in [5.41, 5.74) is 0.106. The Morgan fingerprint density at radius 3 is 2.48 bits per heavy atom. The summed E-state index contributed by atoms with van der Waals surface area (Å²) in [6.07, 6.45) is 1.40. The SMILES string of the molecule is COC1CCC(C(=O)Nc2ncc(Cc3ccc(C(F)(F)F)cc3)s2)CC1. The average Bonchev–Trinajstić information content (AvgIpc) is 3.08. The normalized spacial score (nSPS) is 20.4. The van der Waals surface area contributed by atoms with E-state index < -0.39 is 11.7 Å². The third-order valence-electron chi connectivity index (χ3n) is 4.82.